The van der Waals surface area contributed by atoms with Gasteiger partial charge in [-0.05, 0) is 35.1 Å². The average molecular weight is 481 g/mol. The zero-order chi connectivity index (χ0) is 25.2. The SMILES string of the molecule is CC(C)C(CC(=O)N1CC(C)(OCC(=O)O)C1)NC(=O)OCC1c2ccccc2-c2ccccc21. The second-order valence-corrected chi connectivity index (χ2v) is 9.91. The Balaban J connectivity index is 1.31. The van der Waals surface area contributed by atoms with Crippen LogP contribution in [-0.4, -0.2) is 65.9 Å². The molecule has 2 amide bonds. The third kappa shape index (κ3) is 5.48. The van der Waals surface area contributed by atoms with Crippen LogP contribution in [0.5, 0.6) is 0 Å². The van der Waals surface area contributed by atoms with Crippen molar-refractivity contribution in [2.24, 2.45) is 5.92 Å². The van der Waals surface area contributed by atoms with Crippen LogP contribution in [0.2, 0.25) is 0 Å². The number of carboxylic acid groups (broad SMARTS) is 1. The topological polar surface area (TPSA) is 105 Å². The first-order valence-electron chi connectivity index (χ1n) is 11.9. The Kier molecular flexibility index (Phi) is 7.12. The first kappa shape index (κ1) is 24.7. The molecule has 0 bridgehead atoms. The number of hydrogen-bond acceptors (Lipinski definition) is 5. The molecule has 2 aromatic carbocycles. The van der Waals surface area contributed by atoms with Gasteiger partial charge in [-0.1, -0.05) is 62.4 Å². The molecule has 1 atom stereocenters. The molecule has 1 unspecified atom stereocenters. The first-order valence-corrected chi connectivity index (χ1v) is 11.9. The monoisotopic (exact) mass is 480 g/mol. The maximum Gasteiger partial charge on any atom is 0.407 e. The van der Waals surface area contributed by atoms with Crippen LogP contribution in [0.1, 0.15) is 44.2 Å². The summed E-state index contributed by atoms with van der Waals surface area (Å²) in [5.74, 6) is -1.16. The van der Waals surface area contributed by atoms with Crippen molar-refractivity contribution >= 4 is 18.0 Å². The van der Waals surface area contributed by atoms with Gasteiger partial charge in [-0.2, -0.15) is 0 Å². The van der Waals surface area contributed by atoms with Crippen molar-refractivity contribution in [1.82, 2.24) is 10.2 Å². The average Bonchev–Trinajstić information content (AvgIpc) is 3.12. The summed E-state index contributed by atoms with van der Waals surface area (Å²) in [6.07, 6.45) is -0.409. The molecule has 0 aromatic heterocycles. The Labute approximate surface area is 205 Å². The van der Waals surface area contributed by atoms with Gasteiger partial charge >= 0.3 is 12.1 Å². The summed E-state index contributed by atoms with van der Waals surface area (Å²) >= 11 is 0. The highest BCUT2D eigenvalue weighted by atomic mass is 16.5. The second-order valence-electron chi connectivity index (χ2n) is 9.91. The minimum Gasteiger partial charge on any atom is -0.480 e. The van der Waals surface area contributed by atoms with Gasteiger partial charge in [-0.15, -0.1) is 0 Å². The van der Waals surface area contributed by atoms with E-state index in [0.29, 0.717) is 13.1 Å². The summed E-state index contributed by atoms with van der Waals surface area (Å²) in [5, 5.41) is 11.7. The van der Waals surface area contributed by atoms with E-state index in [0.717, 1.165) is 22.3 Å². The van der Waals surface area contributed by atoms with Crippen LogP contribution in [0, 0.1) is 5.92 Å². The summed E-state index contributed by atoms with van der Waals surface area (Å²) in [6, 6.07) is 15.9. The van der Waals surface area contributed by atoms with E-state index in [4.69, 9.17) is 14.6 Å². The van der Waals surface area contributed by atoms with Crippen LogP contribution in [0.3, 0.4) is 0 Å². The van der Waals surface area contributed by atoms with E-state index >= 15 is 0 Å². The molecular formula is C27H32N2O6. The molecule has 2 aliphatic rings. The molecule has 2 aromatic rings. The molecule has 0 saturated carbocycles. The Bertz CT molecular complexity index is 1060. The van der Waals surface area contributed by atoms with Crippen molar-refractivity contribution < 1.29 is 29.0 Å². The number of likely N-dealkylation sites (tertiary alicyclic amines) is 1. The lowest BCUT2D eigenvalue weighted by molar-refractivity contribution is -0.173. The summed E-state index contributed by atoms with van der Waals surface area (Å²) in [7, 11) is 0. The molecule has 4 rings (SSSR count). The molecule has 35 heavy (non-hydrogen) atoms. The van der Waals surface area contributed by atoms with Crippen molar-refractivity contribution in [3.63, 3.8) is 0 Å². The van der Waals surface area contributed by atoms with Gasteiger partial charge in [-0.3, -0.25) is 4.79 Å². The van der Waals surface area contributed by atoms with Crippen LogP contribution in [0.15, 0.2) is 48.5 Å². The normalized spacial score (nSPS) is 16.7. The van der Waals surface area contributed by atoms with Crippen molar-refractivity contribution in [2.75, 3.05) is 26.3 Å². The highest BCUT2D eigenvalue weighted by Gasteiger charge is 2.43. The van der Waals surface area contributed by atoms with Gasteiger partial charge < -0.3 is 24.8 Å². The quantitative estimate of drug-likeness (QED) is 0.568. The number of alkyl carbamates (subject to hydrolysis) is 1. The second kappa shape index (κ2) is 10.1. The highest BCUT2D eigenvalue weighted by Crippen LogP contribution is 2.44. The maximum absolute atomic E-state index is 12.8. The molecule has 8 heteroatoms. The van der Waals surface area contributed by atoms with E-state index in [2.05, 4.69) is 29.6 Å². The Morgan fingerprint density at radius 1 is 1.06 bits per heavy atom. The summed E-state index contributed by atoms with van der Waals surface area (Å²) in [4.78, 5) is 37.8. The minimum atomic E-state index is -1.04. The Morgan fingerprint density at radius 2 is 1.63 bits per heavy atom. The van der Waals surface area contributed by atoms with Crippen LogP contribution in [0.4, 0.5) is 4.79 Å². The number of rotatable bonds is 9. The van der Waals surface area contributed by atoms with E-state index in [9.17, 15) is 14.4 Å². The van der Waals surface area contributed by atoms with Gasteiger partial charge in [0.05, 0.1) is 13.1 Å². The fourth-order valence-corrected chi connectivity index (χ4v) is 4.83. The number of nitrogens with one attached hydrogen (secondary N) is 1. The Hall–Kier alpha value is -3.39. The molecule has 1 aliphatic heterocycles. The molecule has 2 N–H and O–H groups in total. The van der Waals surface area contributed by atoms with Crippen LogP contribution >= 0.6 is 0 Å². The molecule has 0 spiro atoms. The molecule has 1 saturated heterocycles. The number of carboxylic acids is 1. The predicted octanol–water partition coefficient (Wildman–Crippen LogP) is 3.64. The lowest BCUT2D eigenvalue weighted by Gasteiger charge is -2.47. The van der Waals surface area contributed by atoms with E-state index in [1.165, 1.54) is 0 Å². The number of benzene rings is 2. The molecule has 1 heterocycles. The lowest BCUT2D eigenvalue weighted by atomic mass is 9.93. The van der Waals surface area contributed by atoms with Crippen molar-refractivity contribution in [1.29, 1.82) is 0 Å². The number of carbonyl (C=O) groups is 3. The molecule has 186 valence electrons. The summed E-state index contributed by atoms with van der Waals surface area (Å²) in [6.45, 7) is 6.15. The van der Waals surface area contributed by atoms with Gasteiger partial charge in [0.1, 0.15) is 18.8 Å². The molecule has 0 radical (unpaired) electrons. The third-order valence-corrected chi connectivity index (χ3v) is 6.79. The van der Waals surface area contributed by atoms with Crippen LogP contribution in [0.25, 0.3) is 11.1 Å². The molecule has 1 aliphatic carbocycles. The van der Waals surface area contributed by atoms with E-state index in [1.807, 2.05) is 38.1 Å². The predicted molar refractivity (Wildman–Crippen MR) is 130 cm³/mol. The first-order chi connectivity index (χ1) is 16.7. The largest absolute Gasteiger partial charge is 0.480 e. The van der Waals surface area contributed by atoms with Crippen LogP contribution in [-0.2, 0) is 19.1 Å². The van der Waals surface area contributed by atoms with Gasteiger partial charge in [0.15, 0.2) is 0 Å². The number of hydrogen-bond donors (Lipinski definition) is 2. The molecule has 8 nitrogen and oxygen atoms in total. The minimum absolute atomic E-state index is 0.0235. The highest BCUT2D eigenvalue weighted by molar-refractivity contribution is 5.80. The summed E-state index contributed by atoms with van der Waals surface area (Å²) < 4.78 is 11.0. The number of carbonyl (C=O) groups excluding carboxylic acids is 2. The van der Waals surface area contributed by atoms with Gasteiger partial charge in [0, 0.05) is 18.4 Å². The lowest BCUT2D eigenvalue weighted by Crippen LogP contribution is -2.64. The van der Waals surface area contributed by atoms with Crippen molar-refractivity contribution in [2.45, 2.75) is 44.8 Å². The number of amides is 2. The summed E-state index contributed by atoms with van der Waals surface area (Å²) in [5.41, 5.74) is 3.96. The van der Waals surface area contributed by atoms with E-state index in [1.54, 1.807) is 11.8 Å². The van der Waals surface area contributed by atoms with Gasteiger partial charge in [-0.25, -0.2) is 9.59 Å². The standard InChI is InChI=1S/C27H32N2O6/c1-17(2)23(12-24(30)29-15-27(3,16-29)35-14-25(31)32)28-26(33)34-13-22-20-10-6-4-8-18(20)19-9-5-7-11-21(19)22/h4-11,17,22-23H,12-16H2,1-3H3,(H,28,33)(H,31,32). The number of fused-ring (bicyclic) bond motifs is 3. The zero-order valence-electron chi connectivity index (χ0n) is 20.3. The fraction of sp³-hybridized carbons (Fsp3) is 0.444. The maximum atomic E-state index is 12.8. The molecule has 1 fully saturated rings. The zero-order valence-corrected chi connectivity index (χ0v) is 20.3. The number of aliphatic carboxylic acids is 1. The van der Waals surface area contributed by atoms with Gasteiger partial charge in [0.25, 0.3) is 0 Å². The van der Waals surface area contributed by atoms with Crippen LogP contribution < -0.4 is 5.32 Å². The van der Waals surface area contributed by atoms with E-state index < -0.39 is 24.3 Å². The van der Waals surface area contributed by atoms with Crippen molar-refractivity contribution in [3.8, 4) is 11.1 Å². The smallest absolute Gasteiger partial charge is 0.407 e. The molecular weight excluding hydrogens is 448 g/mol. The Morgan fingerprint density at radius 3 is 2.17 bits per heavy atom. The van der Waals surface area contributed by atoms with Crippen molar-refractivity contribution in [3.05, 3.63) is 59.7 Å². The third-order valence-electron chi connectivity index (χ3n) is 6.79. The van der Waals surface area contributed by atoms with E-state index in [-0.39, 0.29) is 36.8 Å². The number of ether oxygens (including phenoxy) is 2. The fourth-order valence-electron chi connectivity index (χ4n) is 4.83. The van der Waals surface area contributed by atoms with Gasteiger partial charge in [0.2, 0.25) is 5.91 Å². The number of nitrogens with zero attached hydrogens (tertiary/aromatic N) is 1.